The zero-order valence-electron chi connectivity index (χ0n) is 19.0. The van der Waals surface area contributed by atoms with Crippen LogP contribution >= 0.6 is 0 Å². The number of benzene rings is 1. The monoisotopic (exact) mass is 462 g/mol. The third kappa shape index (κ3) is 5.37. The van der Waals surface area contributed by atoms with Gasteiger partial charge in [0, 0.05) is 12.1 Å². The molecule has 1 fully saturated rings. The van der Waals surface area contributed by atoms with Crippen LogP contribution in [0.4, 0.5) is 5.69 Å². The van der Waals surface area contributed by atoms with Crippen LogP contribution in [0.25, 0.3) is 0 Å². The largest absolute Gasteiger partial charge is 0.480 e. The number of amides is 4. The summed E-state index contributed by atoms with van der Waals surface area (Å²) in [5.41, 5.74) is 6.34. The predicted octanol–water partition coefficient (Wildman–Crippen LogP) is 0.176. The summed E-state index contributed by atoms with van der Waals surface area (Å²) in [6.45, 7) is 6.70. The second kappa shape index (κ2) is 11.0. The molecule has 0 radical (unpaired) electrons. The molecule has 2 heterocycles. The Balaban J connectivity index is 0.000000328. The van der Waals surface area contributed by atoms with Gasteiger partial charge in [-0.25, -0.2) is 0 Å². The van der Waals surface area contributed by atoms with Crippen LogP contribution in [-0.2, 0) is 14.4 Å². The molecule has 0 saturated carbocycles. The lowest BCUT2D eigenvalue weighted by atomic mass is 10.0. The van der Waals surface area contributed by atoms with Crippen LogP contribution in [0, 0.1) is 0 Å². The number of anilines is 1. The molecule has 2 atom stereocenters. The Morgan fingerprint density at radius 2 is 1.76 bits per heavy atom. The first-order valence-corrected chi connectivity index (χ1v) is 10.8. The van der Waals surface area contributed by atoms with E-state index in [1.807, 2.05) is 18.7 Å². The number of nitrogen functional groups attached to an aromatic ring is 1. The fourth-order valence-electron chi connectivity index (χ4n) is 3.88. The van der Waals surface area contributed by atoms with Gasteiger partial charge in [0.25, 0.3) is 17.7 Å². The van der Waals surface area contributed by atoms with Crippen LogP contribution in [0.15, 0.2) is 18.2 Å². The number of carbonyl (C=O) groups is 5. The van der Waals surface area contributed by atoms with Crippen molar-refractivity contribution in [3.8, 4) is 0 Å². The van der Waals surface area contributed by atoms with Gasteiger partial charge in [-0.15, -0.1) is 0 Å². The van der Waals surface area contributed by atoms with E-state index >= 15 is 0 Å². The van der Waals surface area contributed by atoms with E-state index in [9.17, 15) is 24.0 Å². The van der Waals surface area contributed by atoms with E-state index in [0.717, 1.165) is 22.9 Å². The van der Waals surface area contributed by atoms with Gasteiger partial charge in [-0.05, 0) is 44.6 Å². The van der Waals surface area contributed by atoms with Gasteiger partial charge in [-0.1, -0.05) is 13.8 Å². The van der Waals surface area contributed by atoms with Crippen molar-refractivity contribution in [2.24, 2.45) is 0 Å². The summed E-state index contributed by atoms with van der Waals surface area (Å²) in [4.78, 5) is 63.3. The highest BCUT2D eigenvalue weighted by Gasteiger charge is 2.46. The minimum Gasteiger partial charge on any atom is -0.480 e. The fourth-order valence-corrected chi connectivity index (χ4v) is 3.88. The maximum atomic E-state index is 12.5. The maximum Gasteiger partial charge on any atom is 0.320 e. The summed E-state index contributed by atoms with van der Waals surface area (Å²) in [5.74, 6) is -2.96. The number of piperidine rings is 1. The number of aliphatic hydroxyl groups is 1. The minimum atomic E-state index is -1.03. The normalized spacial score (nSPS) is 18.9. The van der Waals surface area contributed by atoms with Crippen LogP contribution in [-0.4, -0.2) is 92.8 Å². The molecule has 0 aliphatic carbocycles. The predicted molar refractivity (Wildman–Crippen MR) is 118 cm³/mol. The molecule has 11 nitrogen and oxygen atoms in total. The number of aliphatic hydroxyl groups excluding tert-OH is 1. The molecule has 33 heavy (non-hydrogen) atoms. The van der Waals surface area contributed by atoms with Gasteiger partial charge in [-0.2, -0.15) is 0 Å². The van der Waals surface area contributed by atoms with Crippen LogP contribution < -0.4 is 5.73 Å². The molecule has 0 bridgehead atoms. The highest BCUT2D eigenvalue weighted by Crippen LogP contribution is 2.30. The number of nitrogens with two attached hydrogens (primary N) is 1. The molecule has 180 valence electrons. The van der Waals surface area contributed by atoms with Gasteiger partial charge in [0.2, 0.25) is 5.91 Å². The minimum absolute atomic E-state index is 0.0337. The quantitative estimate of drug-likeness (QED) is 0.379. The molecular weight excluding hydrogens is 432 g/mol. The number of β-amino-alcohol motifs (C(OH)–C–C–N with tert-alkyl or cyclic N) is 1. The van der Waals surface area contributed by atoms with E-state index in [-0.39, 0.29) is 43.2 Å². The number of carboxylic acids is 1. The number of rotatable bonds is 7. The van der Waals surface area contributed by atoms with Gasteiger partial charge in [0.05, 0.1) is 24.3 Å². The van der Waals surface area contributed by atoms with Gasteiger partial charge >= 0.3 is 5.97 Å². The van der Waals surface area contributed by atoms with E-state index in [2.05, 4.69) is 0 Å². The number of hydrogen-bond acceptors (Lipinski definition) is 8. The molecule has 2 aliphatic rings. The molecule has 1 aromatic carbocycles. The first kappa shape index (κ1) is 25.9. The molecule has 1 unspecified atom stereocenters. The average molecular weight is 463 g/mol. The Bertz CT molecular complexity index is 945. The van der Waals surface area contributed by atoms with Crippen molar-refractivity contribution in [1.29, 1.82) is 0 Å². The molecule has 3 rings (SSSR count). The van der Waals surface area contributed by atoms with E-state index in [0.29, 0.717) is 5.69 Å². The zero-order valence-corrected chi connectivity index (χ0v) is 19.0. The van der Waals surface area contributed by atoms with Crippen molar-refractivity contribution in [2.45, 2.75) is 45.7 Å². The fraction of sp³-hybridized carbons (Fsp3) is 0.500. The summed E-state index contributed by atoms with van der Waals surface area (Å²) in [5, 5.41) is 17.5. The van der Waals surface area contributed by atoms with Crippen molar-refractivity contribution < 1.29 is 34.2 Å². The highest BCUT2D eigenvalue weighted by molar-refractivity contribution is 6.23. The molecule has 1 aromatic rings. The number of hydrogen-bond donors (Lipinski definition) is 3. The summed E-state index contributed by atoms with van der Waals surface area (Å²) in [6.07, 6.45) is 0.118. The molecule has 2 aliphatic heterocycles. The zero-order chi connectivity index (χ0) is 24.9. The number of nitrogens with zero attached hydrogens (tertiary/aromatic N) is 3. The van der Waals surface area contributed by atoms with E-state index in [4.69, 9.17) is 15.9 Å². The number of carboxylic acid groups (broad SMARTS) is 1. The Morgan fingerprint density at radius 1 is 1.15 bits per heavy atom. The second-order valence-electron chi connectivity index (χ2n) is 7.68. The number of likely N-dealkylation sites (tertiary alicyclic amines) is 1. The van der Waals surface area contributed by atoms with Crippen molar-refractivity contribution in [1.82, 2.24) is 14.7 Å². The Labute approximate surface area is 191 Å². The first-order valence-electron chi connectivity index (χ1n) is 10.8. The number of likely N-dealkylation sites (N-methyl/N-ethyl adjacent to an activating group) is 1. The number of imide groups is 2. The molecule has 1 saturated heterocycles. The lowest BCUT2D eigenvalue weighted by Crippen LogP contribution is -2.56. The van der Waals surface area contributed by atoms with E-state index in [1.54, 1.807) is 6.92 Å². The molecule has 4 amide bonds. The van der Waals surface area contributed by atoms with Gasteiger partial charge in [0.1, 0.15) is 12.1 Å². The van der Waals surface area contributed by atoms with Gasteiger partial charge < -0.3 is 15.9 Å². The first-order chi connectivity index (χ1) is 15.6. The Kier molecular flexibility index (Phi) is 8.66. The van der Waals surface area contributed by atoms with Crippen molar-refractivity contribution in [2.75, 3.05) is 32.0 Å². The van der Waals surface area contributed by atoms with E-state index in [1.165, 1.54) is 18.2 Å². The molecule has 4 N–H and O–H groups in total. The van der Waals surface area contributed by atoms with Crippen LogP contribution in [0.3, 0.4) is 0 Å². The maximum absolute atomic E-state index is 12.5. The van der Waals surface area contributed by atoms with E-state index < -0.39 is 35.6 Å². The summed E-state index contributed by atoms with van der Waals surface area (Å²) in [6, 6.07) is 2.98. The Morgan fingerprint density at radius 3 is 2.27 bits per heavy atom. The highest BCUT2D eigenvalue weighted by atomic mass is 16.4. The molecule has 0 spiro atoms. The summed E-state index contributed by atoms with van der Waals surface area (Å²) in [7, 11) is 0. The second-order valence-corrected chi connectivity index (χ2v) is 7.68. The number of aliphatic carboxylic acids is 1. The SMILES string of the molecule is CCN(CC)[C@@H](C)C(=O)O.Nc1ccc2c(c1)C(=O)N(C1CCC(=O)N(CCO)C1=O)C2=O. The van der Waals surface area contributed by atoms with Crippen molar-refractivity contribution in [3.05, 3.63) is 29.3 Å². The Hall–Kier alpha value is -3.31. The topological polar surface area (TPSA) is 162 Å². The standard InChI is InChI=1S/C15H15N3O5.C7H15NO2/c16-8-1-2-9-10(7-8)14(22)18(13(9)21)11-3-4-12(20)17(5-6-19)15(11)23;1-4-8(5-2)6(3)7(9)10/h1-2,7,11,19H,3-6,16H2;6H,4-5H2,1-3H3,(H,9,10)/t;6-/m.0/s1. The summed E-state index contributed by atoms with van der Waals surface area (Å²) < 4.78 is 0. The average Bonchev–Trinajstić information content (AvgIpc) is 3.02. The lowest BCUT2D eigenvalue weighted by Gasteiger charge is -2.34. The third-order valence-electron chi connectivity index (χ3n) is 5.78. The molecule has 11 heteroatoms. The van der Waals surface area contributed by atoms with Crippen LogP contribution in [0.5, 0.6) is 0 Å². The van der Waals surface area contributed by atoms with Gasteiger partial charge in [0.15, 0.2) is 0 Å². The van der Waals surface area contributed by atoms with Gasteiger partial charge in [-0.3, -0.25) is 38.7 Å². The smallest absolute Gasteiger partial charge is 0.320 e. The van der Waals surface area contributed by atoms with Crippen molar-refractivity contribution in [3.63, 3.8) is 0 Å². The lowest BCUT2D eigenvalue weighted by molar-refractivity contribution is -0.152. The van der Waals surface area contributed by atoms with Crippen LogP contribution in [0.1, 0.15) is 54.3 Å². The third-order valence-corrected chi connectivity index (χ3v) is 5.78. The van der Waals surface area contributed by atoms with Crippen molar-refractivity contribution >= 4 is 35.3 Å². The van der Waals surface area contributed by atoms with Crippen LogP contribution in [0.2, 0.25) is 0 Å². The summed E-state index contributed by atoms with van der Waals surface area (Å²) >= 11 is 0. The number of carbonyl (C=O) groups excluding carboxylic acids is 4. The molecular formula is C22H30N4O7. The number of fused-ring (bicyclic) bond motifs is 1. The molecule has 0 aromatic heterocycles.